The van der Waals surface area contributed by atoms with Crippen molar-refractivity contribution in [1.29, 1.82) is 0 Å². The highest BCUT2D eigenvalue weighted by atomic mass is 14.7. The topological polar surface area (TPSA) is 12.9 Å². The van der Waals surface area contributed by atoms with Crippen molar-refractivity contribution in [2.24, 2.45) is 0 Å². The number of hydrogen-bond donors (Lipinski definition) is 0. The van der Waals surface area contributed by atoms with Crippen LogP contribution in [0.1, 0.15) is 22.4 Å². The number of nitrogens with zero attached hydrogens (tertiary/aromatic N) is 1. The summed E-state index contributed by atoms with van der Waals surface area (Å²) >= 11 is 0. The van der Waals surface area contributed by atoms with Crippen molar-refractivity contribution in [3.8, 4) is 11.3 Å². The molecule has 0 saturated heterocycles. The van der Waals surface area contributed by atoms with Gasteiger partial charge in [0.25, 0.3) is 0 Å². The van der Waals surface area contributed by atoms with Gasteiger partial charge in [0, 0.05) is 11.3 Å². The van der Waals surface area contributed by atoms with Gasteiger partial charge >= 0.3 is 0 Å². The summed E-state index contributed by atoms with van der Waals surface area (Å²) in [6.07, 6.45) is 0. The van der Waals surface area contributed by atoms with E-state index in [0.29, 0.717) is 0 Å². The summed E-state index contributed by atoms with van der Waals surface area (Å²) in [5.74, 6) is 0. The number of aryl methyl sites for hydroxylation is 4. The highest BCUT2D eigenvalue weighted by Gasteiger charge is 2.06. The van der Waals surface area contributed by atoms with Crippen molar-refractivity contribution < 1.29 is 0 Å². The van der Waals surface area contributed by atoms with E-state index in [2.05, 4.69) is 56.1 Å². The van der Waals surface area contributed by atoms with Crippen molar-refractivity contribution >= 4 is 0 Å². The molecule has 0 bridgehead atoms. The minimum Gasteiger partial charge on any atom is -0.253 e. The van der Waals surface area contributed by atoms with Crippen molar-refractivity contribution in [2.45, 2.75) is 27.7 Å². The van der Waals surface area contributed by atoms with Crippen LogP contribution in [-0.4, -0.2) is 4.98 Å². The van der Waals surface area contributed by atoms with E-state index in [1.165, 1.54) is 22.3 Å². The van der Waals surface area contributed by atoms with E-state index < -0.39 is 0 Å². The highest BCUT2D eigenvalue weighted by molar-refractivity contribution is 5.67. The second-order valence-corrected chi connectivity index (χ2v) is 4.44. The number of hydrogen-bond acceptors (Lipinski definition) is 1. The van der Waals surface area contributed by atoms with Crippen LogP contribution in [0.15, 0.2) is 30.3 Å². The fraction of sp³-hybridized carbons (Fsp3) is 0.267. The van der Waals surface area contributed by atoms with Gasteiger partial charge in [-0.05, 0) is 44.9 Å². The summed E-state index contributed by atoms with van der Waals surface area (Å²) in [5.41, 5.74) is 7.25. The molecule has 1 heterocycles. The van der Waals surface area contributed by atoms with Crippen molar-refractivity contribution in [3.63, 3.8) is 0 Å². The molecule has 0 atom stereocenters. The molecule has 0 aliphatic heterocycles. The predicted molar refractivity (Wildman–Crippen MR) is 68.6 cm³/mol. The van der Waals surface area contributed by atoms with Crippen LogP contribution in [0.4, 0.5) is 0 Å². The van der Waals surface area contributed by atoms with Gasteiger partial charge in [-0.15, -0.1) is 0 Å². The number of rotatable bonds is 1. The van der Waals surface area contributed by atoms with E-state index in [4.69, 9.17) is 0 Å². The standard InChI is InChI=1S/C15H17N/c1-10-5-8-14(12(3)9-10)15-11(2)6-7-13(4)16-15/h5-9H,1-4H3. The van der Waals surface area contributed by atoms with Crippen LogP contribution in [0.25, 0.3) is 11.3 Å². The van der Waals surface area contributed by atoms with Gasteiger partial charge in [0.1, 0.15) is 0 Å². The monoisotopic (exact) mass is 211 g/mol. The molecule has 0 radical (unpaired) electrons. The lowest BCUT2D eigenvalue weighted by Gasteiger charge is -2.10. The lowest BCUT2D eigenvalue weighted by Crippen LogP contribution is -1.93. The largest absolute Gasteiger partial charge is 0.253 e. The van der Waals surface area contributed by atoms with Crippen molar-refractivity contribution in [2.75, 3.05) is 0 Å². The van der Waals surface area contributed by atoms with Gasteiger partial charge in [-0.25, -0.2) is 0 Å². The highest BCUT2D eigenvalue weighted by Crippen LogP contribution is 2.25. The maximum atomic E-state index is 4.63. The Morgan fingerprint density at radius 1 is 0.812 bits per heavy atom. The molecule has 16 heavy (non-hydrogen) atoms. The fourth-order valence-electron chi connectivity index (χ4n) is 1.98. The van der Waals surface area contributed by atoms with Crippen molar-refractivity contribution in [3.05, 3.63) is 52.7 Å². The Balaban J connectivity index is 2.62. The molecule has 1 aromatic heterocycles. The molecule has 82 valence electrons. The zero-order valence-corrected chi connectivity index (χ0v) is 10.3. The summed E-state index contributed by atoms with van der Waals surface area (Å²) in [6, 6.07) is 10.7. The van der Waals surface area contributed by atoms with E-state index in [0.717, 1.165) is 11.4 Å². The first-order chi connectivity index (χ1) is 7.58. The molecule has 1 nitrogen and oxygen atoms in total. The average Bonchev–Trinajstić information content (AvgIpc) is 2.22. The quantitative estimate of drug-likeness (QED) is 0.695. The maximum absolute atomic E-state index is 4.63. The second kappa shape index (κ2) is 4.09. The normalized spacial score (nSPS) is 10.5. The Hall–Kier alpha value is -1.63. The van der Waals surface area contributed by atoms with Crippen LogP contribution in [0, 0.1) is 27.7 Å². The predicted octanol–water partition coefficient (Wildman–Crippen LogP) is 3.98. The third kappa shape index (κ3) is 1.99. The molecule has 0 aliphatic rings. The Kier molecular flexibility index (Phi) is 2.78. The zero-order chi connectivity index (χ0) is 11.7. The third-order valence-corrected chi connectivity index (χ3v) is 2.87. The van der Waals surface area contributed by atoms with Crippen LogP contribution in [0.2, 0.25) is 0 Å². The minimum atomic E-state index is 1.07. The molecule has 0 unspecified atom stereocenters. The lowest BCUT2D eigenvalue weighted by molar-refractivity contribution is 1.17. The van der Waals surface area contributed by atoms with Gasteiger partial charge in [-0.1, -0.05) is 29.8 Å². The zero-order valence-electron chi connectivity index (χ0n) is 10.3. The Morgan fingerprint density at radius 2 is 1.56 bits per heavy atom. The van der Waals surface area contributed by atoms with E-state index in [1.807, 2.05) is 6.92 Å². The molecule has 1 aromatic carbocycles. The summed E-state index contributed by atoms with van der Waals surface area (Å²) in [6.45, 7) is 8.41. The van der Waals surface area contributed by atoms with E-state index in [-0.39, 0.29) is 0 Å². The van der Waals surface area contributed by atoms with Gasteiger partial charge < -0.3 is 0 Å². The first-order valence-corrected chi connectivity index (χ1v) is 5.60. The van der Waals surface area contributed by atoms with Gasteiger partial charge in [0.15, 0.2) is 0 Å². The van der Waals surface area contributed by atoms with Crippen LogP contribution in [0.5, 0.6) is 0 Å². The Labute approximate surface area is 97.2 Å². The van der Waals surface area contributed by atoms with E-state index in [1.54, 1.807) is 0 Å². The Morgan fingerprint density at radius 3 is 2.25 bits per heavy atom. The second-order valence-electron chi connectivity index (χ2n) is 4.44. The average molecular weight is 211 g/mol. The molecule has 0 aliphatic carbocycles. The molecule has 2 rings (SSSR count). The smallest absolute Gasteiger partial charge is 0.0736 e. The molecule has 0 saturated carbocycles. The molecule has 0 fully saturated rings. The fourth-order valence-corrected chi connectivity index (χ4v) is 1.98. The van der Waals surface area contributed by atoms with Gasteiger partial charge in [0.2, 0.25) is 0 Å². The van der Waals surface area contributed by atoms with Gasteiger partial charge in [-0.3, -0.25) is 4.98 Å². The first-order valence-electron chi connectivity index (χ1n) is 5.60. The maximum Gasteiger partial charge on any atom is 0.0736 e. The van der Waals surface area contributed by atoms with Crippen LogP contribution >= 0.6 is 0 Å². The molecular formula is C15H17N. The number of pyridine rings is 1. The van der Waals surface area contributed by atoms with Gasteiger partial charge in [-0.2, -0.15) is 0 Å². The Bertz CT molecular complexity index is 527. The summed E-state index contributed by atoms with van der Waals surface area (Å²) in [7, 11) is 0. The lowest BCUT2D eigenvalue weighted by atomic mass is 9.99. The van der Waals surface area contributed by atoms with E-state index >= 15 is 0 Å². The summed E-state index contributed by atoms with van der Waals surface area (Å²) in [4.78, 5) is 4.63. The summed E-state index contributed by atoms with van der Waals surface area (Å²) < 4.78 is 0. The van der Waals surface area contributed by atoms with Crippen LogP contribution < -0.4 is 0 Å². The molecule has 0 amide bonds. The molecule has 2 aromatic rings. The van der Waals surface area contributed by atoms with Crippen LogP contribution in [-0.2, 0) is 0 Å². The van der Waals surface area contributed by atoms with Crippen molar-refractivity contribution in [1.82, 2.24) is 4.98 Å². The summed E-state index contributed by atoms with van der Waals surface area (Å²) in [5, 5.41) is 0. The third-order valence-electron chi connectivity index (χ3n) is 2.87. The number of aromatic nitrogens is 1. The number of benzene rings is 1. The van der Waals surface area contributed by atoms with E-state index in [9.17, 15) is 0 Å². The minimum absolute atomic E-state index is 1.07. The van der Waals surface area contributed by atoms with Gasteiger partial charge in [0.05, 0.1) is 5.69 Å². The molecular weight excluding hydrogens is 194 g/mol. The molecule has 1 heteroatoms. The SMILES string of the molecule is Cc1ccc(-c2nc(C)ccc2C)c(C)c1. The molecule has 0 spiro atoms. The first kappa shape index (κ1) is 10.9. The van der Waals surface area contributed by atoms with Crippen LogP contribution in [0.3, 0.4) is 0 Å². The molecule has 0 N–H and O–H groups in total.